The number of aliphatic hydroxyl groups is 1. The van der Waals surface area contributed by atoms with Crippen LogP contribution in [0.25, 0.3) is 0 Å². The van der Waals surface area contributed by atoms with Crippen molar-refractivity contribution in [1.29, 1.82) is 0 Å². The van der Waals surface area contributed by atoms with Crippen molar-refractivity contribution in [1.82, 2.24) is 10.9 Å². The quantitative estimate of drug-likeness (QED) is 0.267. The Bertz CT molecular complexity index is 971. The number of esters is 1. The summed E-state index contributed by atoms with van der Waals surface area (Å²) in [5.74, 6) is -0.608. The number of sulfone groups is 1. The molecule has 0 aliphatic heterocycles. The summed E-state index contributed by atoms with van der Waals surface area (Å²) in [6, 6.07) is 7.80. The number of carbonyl (C=O) groups excluding carboxylic acids is 2. The van der Waals surface area contributed by atoms with E-state index in [1.807, 2.05) is 45.0 Å². The van der Waals surface area contributed by atoms with E-state index in [-0.39, 0.29) is 30.0 Å². The van der Waals surface area contributed by atoms with Crippen LogP contribution in [-0.2, 0) is 36.0 Å². The molecule has 1 amide bonds. The minimum atomic E-state index is -3.34. The third-order valence-corrected chi connectivity index (χ3v) is 8.89. The first-order valence-corrected chi connectivity index (χ1v) is 13.6. The number of hydrogen-bond acceptors (Lipinski definition) is 7. The Morgan fingerprint density at radius 2 is 1.85 bits per heavy atom. The number of methoxy groups -OCH3 is 1. The number of carbonyl (C=O) groups is 2. The van der Waals surface area contributed by atoms with Gasteiger partial charge in [-0.1, -0.05) is 44.5 Å². The average Bonchev–Trinajstić information content (AvgIpc) is 3.52. The molecular weight excluding hydrogens is 456 g/mol. The molecule has 1 saturated carbocycles. The smallest absolute Gasteiger partial charge is 0.312 e. The molecule has 0 saturated heterocycles. The Hall–Kier alpha value is -1.97. The fourth-order valence-electron chi connectivity index (χ4n) is 4.68. The Labute approximate surface area is 203 Å². The van der Waals surface area contributed by atoms with Crippen LogP contribution in [0.1, 0.15) is 64.0 Å². The predicted molar refractivity (Wildman–Crippen MR) is 132 cm³/mol. The molecule has 0 spiro atoms. The molecule has 1 fully saturated rings. The summed E-state index contributed by atoms with van der Waals surface area (Å²) in [4.78, 5) is 25.3. The summed E-state index contributed by atoms with van der Waals surface area (Å²) in [7, 11) is -0.289. The van der Waals surface area contributed by atoms with Crippen LogP contribution in [0.3, 0.4) is 0 Å². The molecule has 3 N–H and O–H groups in total. The molecule has 1 atom stereocenters. The molecule has 34 heavy (non-hydrogen) atoms. The molecule has 9 heteroatoms. The summed E-state index contributed by atoms with van der Waals surface area (Å²) in [6.45, 7) is 5.31. The fourth-order valence-corrected chi connectivity index (χ4v) is 6.43. The maximum Gasteiger partial charge on any atom is 0.312 e. The molecule has 0 bridgehead atoms. The molecule has 1 aromatic carbocycles. The van der Waals surface area contributed by atoms with Crippen molar-refractivity contribution in [2.45, 2.75) is 64.7 Å². The second kappa shape index (κ2) is 11.2. The molecule has 1 aliphatic rings. The monoisotopic (exact) mass is 496 g/mol. The standard InChI is InChI=1S/C25H40N2O6S/c1-23(2,18-34(31,32)15-14-28)10-7-11-24(3,21(29)27-26-4)20-9-6-8-19(16-20)17-25(12-13-25)22(30)33-5/h6,8-9,16,26,28H,7,10-15,17-18H2,1-5H3,(H,27,29)/t24-/m1/s1. The number of nitrogens with one attached hydrogen (secondary N) is 2. The van der Waals surface area contributed by atoms with E-state index < -0.39 is 26.1 Å². The summed E-state index contributed by atoms with van der Waals surface area (Å²) < 4.78 is 29.3. The molecule has 0 heterocycles. The average molecular weight is 497 g/mol. The summed E-state index contributed by atoms with van der Waals surface area (Å²) in [6.07, 6.45) is 3.96. The van der Waals surface area contributed by atoms with Crippen molar-refractivity contribution in [3.8, 4) is 0 Å². The first-order chi connectivity index (χ1) is 15.8. The zero-order valence-corrected chi connectivity index (χ0v) is 21.9. The molecule has 192 valence electrons. The number of hydrazine groups is 1. The zero-order chi connectivity index (χ0) is 25.6. The number of ether oxygens (including phenoxy) is 1. The normalized spacial score (nSPS) is 17.0. The van der Waals surface area contributed by atoms with E-state index in [1.54, 1.807) is 7.05 Å². The van der Waals surface area contributed by atoms with Gasteiger partial charge >= 0.3 is 5.97 Å². The second-order valence-electron chi connectivity index (χ2n) is 10.5. The first kappa shape index (κ1) is 28.3. The van der Waals surface area contributed by atoms with Gasteiger partial charge in [0.2, 0.25) is 5.91 Å². The lowest BCUT2D eigenvalue weighted by atomic mass is 9.75. The number of amides is 1. The van der Waals surface area contributed by atoms with Gasteiger partial charge in [-0.3, -0.25) is 15.0 Å². The highest BCUT2D eigenvalue weighted by Crippen LogP contribution is 2.49. The third-order valence-electron chi connectivity index (χ3n) is 6.86. The van der Waals surface area contributed by atoms with Crippen LogP contribution in [0.5, 0.6) is 0 Å². The molecule has 1 aromatic rings. The van der Waals surface area contributed by atoms with Gasteiger partial charge in [-0.15, -0.1) is 0 Å². The number of benzene rings is 1. The lowest BCUT2D eigenvalue weighted by Gasteiger charge is -2.31. The van der Waals surface area contributed by atoms with Crippen LogP contribution in [0.4, 0.5) is 0 Å². The van der Waals surface area contributed by atoms with Crippen LogP contribution in [0.15, 0.2) is 24.3 Å². The Balaban J connectivity index is 2.20. The van der Waals surface area contributed by atoms with Gasteiger partial charge in [-0.25, -0.2) is 13.8 Å². The zero-order valence-electron chi connectivity index (χ0n) is 21.1. The minimum Gasteiger partial charge on any atom is -0.469 e. The van der Waals surface area contributed by atoms with Gasteiger partial charge in [0.25, 0.3) is 0 Å². The van der Waals surface area contributed by atoms with Gasteiger partial charge in [0.15, 0.2) is 9.84 Å². The van der Waals surface area contributed by atoms with Gasteiger partial charge in [-0.05, 0) is 55.6 Å². The van der Waals surface area contributed by atoms with Crippen LogP contribution in [0, 0.1) is 10.8 Å². The molecule has 0 radical (unpaired) electrons. The van der Waals surface area contributed by atoms with Crippen molar-refractivity contribution >= 4 is 21.7 Å². The molecule has 2 rings (SSSR count). The predicted octanol–water partition coefficient (Wildman–Crippen LogP) is 2.29. The highest BCUT2D eigenvalue weighted by Gasteiger charge is 2.51. The maximum absolute atomic E-state index is 13.1. The molecule has 0 aromatic heterocycles. The first-order valence-electron chi connectivity index (χ1n) is 11.8. The van der Waals surface area contributed by atoms with Crippen LogP contribution in [-0.4, -0.2) is 57.7 Å². The Kier molecular flexibility index (Phi) is 9.30. The van der Waals surface area contributed by atoms with E-state index in [2.05, 4.69) is 10.9 Å². The largest absolute Gasteiger partial charge is 0.469 e. The van der Waals surface area contributed by atoms with E-state index in [9.17, 15) is 18.0 Å². The fraction of sp³-hybridized carbons (Fsp3) is 0.680. The van der Waals surface area contributed by atoms with Crippen molar-refractivity contribution in [3.05, 3.63) is 35.4 Å². The molecule has 0 unspecified atom stereocenters. The van der Waals surface area contributed by atoms with Gasteiger partial charge in [0, 0.05) is 7.05 Å². The van der Waals surface area contributed by atoms with Gasteiger partial charge in [0.05, 0.1) is 36.1 Å². The van der Waals surface area contributed by atoms with Crippen LogP contribution in [0.2, 0.25) is 0 Å². The number of aliphatic hydroxyl groups excluding tert-OH is 1. The van der Waals surface area contributed by atoms with Crippen LogP contribution < -0.4 is 10.9 Å². The number of rotatable bonds is 14. The van der Waals surface area contributed by atoms with Crippen molar-refractivity contribution in [3.63, 3.8) is 0 Å². The van der Waals surface area contributed by atoms with Crippen molar-refractivity contribution < 1.29 is 27.9 Å². The lowest BCUT2D eigenvalue weighted by molar-refractivity contribution is -0.147. The van der Waals surface area contributed by atoms with E-state index in [4.69, 9.17) is 9.84 Å². The van der Waals surface area contributed by atoms with E-state index in [1.165, 1.54) is 7.11 Å². The summed E-state index contributed by atoms with van der Waals surface area (Å²) >= 11 is 0. The molecular formula is C25H40N2O6S. The Morgan fingerprint density at radius 3 is 2.41 bits per heavy atom. The van der Waals surface area contributed by atoms with Gasteiger partial charge in [-0.2, -0.15) is 0 Å². The van der Waals surface area contributed by atoms with E-state index in [0.29, 0.717) is 25.7 Å². The number of hydrogen-bond donors (Lipinski definition) is 3. The molecule has 1 aliphatic carbocycles. The summed E-state index contributed by atoms with van der Waals surface area (Å²) in [5, 5.41) is 9.01. The van der Waals surface area contributed by atoms with Gasteiger partial charge < -0.3 is 9.84 Å². The van der Waals surface area contributed by atoms with Crippen LogP contribution >= 0.6 is 0 Å². The summed E-state index contributed by atoms with van der Waals surface area (Å²) in [5.41, 5.74) is 5.48. The SMILES string of the molecule is CNNC(=O)[C@](C)(CCCC(C)(C)CS(=O)(=O)CCO)c1cccc(CC2(C(=O)OC)CC2)c1. The van der Waals surface area contributed by atoms with Gasteiger partial charge in [0.1, 0.15) is 0 Å². The Morgan fingerprint density at radius 1 is 1.18 bits per heavy atom. The lowest BCUT2D eigenvalue weighted by Crippen LogP contribution is -2.47. The second-order valence-corrected chi connectivity index (χ2v) is 12.7. The van der Waals surface area contributed by atoms with Crippen molar-refractivity contribution in [2.24, 2.45) is 10.8 Å². The van der Waals surface area contributed by atoms with Crippen molar-refractivity contribution in [2.75, 3.05) is 32.3 Å². The molecule has 8 nitrogen and oxygen atoms in total. The minimum absolute atomic E-state index is 0.00885. The maximum atomic E-state index is 13.1. The van der Waals surface area contributed by atoms with E-state index in [0.717, 1.165) is 24.0 Å². The third kappa shape index (κ3) is 7.26. The highest BCUT2D eigenvalue weighted by atomic mass is 32.2. The van der Waals surface area contributed by atoms with E-state index >= 15 is 0 Å². The topological polar surface area (TPSA) is 122 Å². The highest BCUT2D eigenvalue weighted by molar-refractivity contribution is 7.91.